The number of ether oxygens (including phenoxy) is 2. The van der Waals surface area contributed by atoms with E-state index < -0.39 is 0 Å². The number of methoxy groups -OCH3 is 1. The minimum atomic E-state index is -0.294. The van der Waals surface area contributed by atoms with Gasteiger partial charge in [-0.2, -0.15) is 0 Å². The molecule has 1 aliphatic heterocycles. The van der Waals surface area contributed by atoms with Gasteiger partial charge in [-0.15, -0.1) is 0 Å². The highest BCUT2D eigenvalue weighted by molar-refractivity contribution is 5.80. The van der Waals surface area contributed by atoms with Gasteiger partial charge in [0.15, 0.2) is 11.5 Å². The molecule has 172 valence electrons. The van der Waals surface area contributed by atoms with Crippen molar-refractivity contribution in [1.82, 2.24) is 10.2 Å². The van der Waals surface area contributed by atoms with Crippen LogP contribution >= 0.6 is 0 Å². The quantitative estimate of drug-likeness (QED) is 0.732. The summed E-state index contributed by atoms with van der Waals surface area (Å²) in [7, 11) is 1.49. The largest absolute Gasteiger partial charge is 0.504 e. The van der Waals surface area contributed by atoms with Crippen LogP contribution in [0.1, 0.15) is 58.4 Å². The number of hydrogen-bond donors (Lipinski definition) is 2. The fourth-order valence-corrected chi connectivity index (χ4v) is 4.57. The van der Waals surface area contributed by atoms with Crippen LogP contribution in [0.25, 0.3) is 0 Å². The number of nitrogens with zero attached hydrogens (tertiary/aromatic N) is 1. The molecule has 7 nitrogen and oxygen atoms in total. The summed E-state index contributed by atoms with van der Waals surface area (Å²) in [5.74, 6) is 0.805. The number of likely N-dealkylation sites (tertiary alicyclic amines) is 1. The number of phenolic OH excluding ortho intramolecular Hbond substituents is 1. The summed E-state index contributed by atoms with van der Waals surface area (Å²) in [6.07, 6.45) is 4.35. The highest BCUT2D eigenvalue weighted by Crippen LogP contribution is 2.38. The number of benzene rings is 1. The van der Waals surface area contributed by atoms with E-state index in [4.69, 9.17) is 9.47 Å². The molecule has 0 spiro atoms. The Morgan fingerprint density at radius 1 is 1.16 bits per heavy atom. The highest BCUT2D eigenvalue weighted by atomic mass is 16.6. The van der Waals surface area contributed by atoms with Gasteiger partial charge in [0.25, 0.3) is 0 Å². The van der Waals surface area contributed by atoms with Crippen LogP contribution in [0.4, 0.5) is 4.79 Å². The molecule has 1 saturated heterocycles. The number of amides is 2. The second kappa shape index (κ2) is 9.79. The van der Waals surface area contributed by atoms with E-state index in [-0.39, 0.29) is 29.8 Å². The first-order valence-corrected chi connectivity index (χ1v) is 11.3. The zero-order chi connectivity index (χ0) is 22.6. The smallest absolute Gasteiger partial charge is 0.410 e. The van der Waals surface area contributed by atoms with Crippen molar-refractivity contribution in [3.05, 3.63) is 23.8 Å². The van der Waals surface area contributed by atoms with Crippen molar-refractivity contribution in [3.8, 4) is 11.5 Å². The maximum atomic E-state index is 12.6. The zero-order valence-corrected chi connectivity index (χ0v) is 19.1. The van der Waals surface area contributed by atoms with Crippen LogP contribution in [0, 0.1) is 17.3 Å². The van der Waals surface area contributed by atoms with Crippen LogP contribution in [0.5, 0.6) is 11.5 Å². The topological polar surface area (TPSA) is 88.1 Å². The Balaban J connectivity index is 1.42. The van der Waals surface area contributed by atoms with Crippen molar-refractivity contribution in [2.75, 3.05) is 20.2 Å². The Hall–Kier alpha value is -2.44. The summed E-state index contributed by atoms with van der Waals surface area (Å²) in [6.45, 7) is 8.10. The van der Waals surface area contributed by atoms with Crippen molar-refractivity contribution in [1.29, 1.82) is 0 Å². The van der Waals surface area contributed by atoms with E-state index in [1.807, 2.05) is 0 Å². The highest BCUT2D eigenvalue weighted by Gasteiger charge is 2.35. The second-order valence-electron chi connectivity index (χ2n) is 9.88. The third-order valence-corrected chi connectivity index (χ3v) is 6.69. The van der Waals surface area contributed by atoms with Crippen LogP contribution in [-0.2, 0) is 16.1 Å². The van der Waals surface area contributed by atoms with Crippen LogP contribution in [-0.4, -0.2) is 48.3 Å². The van der Waals surface area contributed by atoms with E-state index in [2.05, 4.69) is 26.1 Å². The molecule has 1 atom stereocenters. The molecule has 1 aliphatic carbocycles. The predicted octanol–water partition coefficient (Wildman–Crippen LogP) is 4.08. The third-order valence-electron chi connectivity index (χ3n) is 6.69. The molecule has 7 heteroatoms. The van der Waals surface area contributed by atoms with Gasteiger partial charge in [0.2, 0.25) is 5.91 Å². The Morgan fingerprint density at radius 3 is 2.52 bits per heavy atom. The molecule has 2 aliphatic rings. The van der Waals surface area contributed by atoms with Crippen LogP contribution < -0.4 is 10.1 Å². The molecule has 0 bridgehead atoms. The summed E-state index contributed by atoms with van der Waals surface area (Å²) >= 11 is 0. The van der Waals surface area contributed by atoms with Crippen LogP contribution in [0.2, 0.25) is 0 Å². The summed E-state index contributed by atoms with van der Waals surface area (Å²) in [5.41, 5.74) is 1.14. The van der Waals surface area contributed by atoms with Gasteiger partial charge in [-0.25, -0.2) is 4.79 Å². The van der Waals surface area contributed by atoms with Gasteiger partial charge in [-0.3, -0.25) is 4.79 Å². The molecule has 2 fully saturated rings. The molecule has 31 heavy (non-hydrogen) atoms. The molecule has 1 saturated carbocycles. The molecular formula is C24H36N2O5. The molecule has 0 aromatic heterocycles. The van der Waals surface area contributed by atoms with Crippen molar-refractivity contribution < 1.29 is 24.2 Å². The molecule has 1 aromatic carbocycles. The van der Waals surface area contributed by atoms with E-state index in [9.17, 15) is 14.7 Å². The predicted molar refractivity (Wildman–Crippen MR) is 118 cm³/mol. The van der Waals surface area contributed by atoms with Gasteiger partial charge >= 0.3 is 6.09 Å². The Kier molecular flexibility index (Phi) is 7.34. The SMILES string of the molecule is COc1cc(CNC(=O)[C@H]2CCN(C(=O)OC3CCC(C(C)(C)C)CC3)C2)ccc1O. The fraction of sp³-hybridized carbons (Fsp3) is 0.667. The second-order valence-corrected chi connectivity index (χ2v) is 9.88. The Labute approximate surface area is 185 Å². The van der Waals surface area contributed by atoms with Crippen molar-refractivity contribution in [3.63, 3.8) is 0 Å². The number of rotatable bonds is 5. The van der Waals surface area contributed by atoms with Crippen molar-refractivity contribution >= 4 is 12.0 Å². The number of hydrogen-bond acceptors (Lipinski definition) is 5. The summed E-state index contributed by atoms with van der Waals surface area (Å²) in [5, 5.41) is 12.6. The number of phenols is 1. The van der Waals surface area contributed by atoms with Crippen molar-refractivity contribution in [2.24, 2.45) is 17.3 Å². The normalized spacial score (nSPS) is 24.0. The summed E-state index contributed by atoms with van der Waals surface area (Å²) < 4.78 is 10.8. The molecule has 1 aromatic rings. The lowest BCUT2D eigenvalue weighted by molar-refractivity contribution is -0.124. The average molecular weight is 433 g/mol. The number of aromatic hydroxyl groups is 1. The monoisotopic (exact) mass is 432 g/mol. The molecule has 2 amide bonds. The molecule has 0 unspecified atom stereocenters. The van der Waals surface area contributed by atoms with Gasteiger partial charge < -0.3 is 24.8 Å². The molecule has 0 radical (unpaired) electrons. The first-order chi connectivity index (χ1) is 14.7. The molecule has 2 N–H and O–H groups in total. The van der Waals surface area contributed by atoms with E-state index in [0.717, 1.165) is 31.2 Å². The van der Waals surface area contributed by atoms with Crippen LogP contribution in [0.3, 0.4) is 0 Å². The lowest BCUT2D eigenvalue weighted by Gasteiger charge is -2.37. The molecule has 3 rings (SSSR count). The van der Waals surface area contributed by atoms with Gasteiger partial charge in [0.1, 0.15) is 6.10 Å². The average Bonchev–Trinajstić information content (AvgIpc) is 3.23. The lowest BCUT2D eigenvalue weighted by Crippen LogP contribution is -2.37. The maximum Gasteiger partial charge on any atom is 0.410 e. The zero-order valence-electron chi connectivity index (χ0n) is 19.1. The first kappa shape index (κ1) is 23.2. The Morgan fingerprint density at radius 2 is 1.87 bits per heavy atom. The molecular weight excluding hydrogens is 396 g/mol. The number of nitrogens with one attached hydrogen (secondary N) is 1. The van der Waals surface area contributed by atoms with E-state index in [0.29, 0.717) is 43.1 Å². The Bertz CT molecular complexity index is 781. The standard InChI is InChI=1S/C24H36N2O5/c1-24(2,3)18-6-8-19(9-7-18)31-23(29)26-12-11-17(15-26)22(28)25-14-16-5-10-20(27)21(13-16)30-4/h5,10,13,17-19,27H,6-9,11-12,14-15H2,1-4H3,(H,25,28)/t17-,18?,19?/m0/s1. The number of carbonyl (C=O) groups excluding carboxylic acids is 2. The van der Waals surface area contributed by atoms with Crippen LogP contribution in [0.15, 0.2) is 18.2 Å². The van der Waals surface area contributed by atoms with Gasteiger partial charge in [-0.05, 0) is 61.1 Å². The summed E-state index contributed by atoms with van der Waals surface area (Å²) in [4.78, 5) is 26.8. The summed E-state index contributed by atoms with van der Waals surface area (Å²) in [6, 6.07) is 4.98. The number of carbonyl (C=O) groups is 2. The van der Waals surface area contributed by atoms with Gasteiger partial charge in [-0.1, -0.05) is 26.8 Å². The van der Waals surface area contributed by atoms with E-state index in [1.165, 1.54) is 7.11 Å². The minimum Gasteiger partial charge on any atom is -0.504 e. The lowest BCUT2D eigenvalue weighted by atomic mass is 9.72. The van der Waals surface area contributed by atoms with Gasteiger partial charge in [0, 0.05) is 19.6 Å². The fourth-order valence-electron chi connectivity index (χ4n) is 4.57. The third kappa shape index (κ3) is 6.05. The van der Waals surface area contributed by atoms with E-state index in [1.54, 1.807) is 23.1 Å². The van der Waals surface area contributed by atoms with Gasteiger partial charge in [0.05, 0.1) is 13.0 Å². The molecule has 1 heterocycles. The van der Waals surface area contributed by atoms with E-state index >= 15 is 0 Å². The first-order valence-electron chi connectivity index (χ1n) is 11.3. The maximum absolute atomic E-state index is 12.6. The minimum absolute atomic E-state index is 0.0107. The van der Waals surface area contributed by atoms with Crippen molar-refractivity contribution in [2.45, 2.75) is 65.5 Å².